The summed E-state index contributed by atoms with van der Waals surface area (Å²) in [6.07, 6.45) is 0. The van der Waals surface area contributed by atoms with Gasteiger partial charge in [0.05, 0.1) is 10.6 Å². The van der Waals surface area contributed by atoms with E-state index in [1.807, 2.05) is 65.8 Å². The summed E-state index contributed by atoms with van der Waals surface area (Å²) in [5.41, 5.74) is 6.27. The summed E-state index contributed by atoms with van der Waals surface area (Å²) >= 11 is 0. The van der Waals surface area contributed by atoms with Crippen molar-refractivity contribution in [3.63, 3.8) is 0 Å². The van der Waals surface area contributed by atoms with Crippen LogP contribution in [-0.4, -0.2) is 8.42 Å². The highest BCUT2D eigenvalue weighted by Gasteiger charge is 2.21. The van der Waals surface area contributed by atoms with Crippen LogP contribution >= 0.6 is 0 Å². The molecule has 0 aromatic heterocycles. The Kier molecular flexibility index (Phi) is 4.34. The Morgan fingerprint density at radius 3 is 1.45 bits per heavy atom. The summed E-state index contributed by atoms with van der Waals surface area (Å²) in [7, 11) is -3.60. The molecule has 118 valence electrons. The first kappa shape index (κ1) is 16.6. The fourth-order valence-corrected chi connectivity index (χ4v) is 4.78. The van der Waals surface area contributed by atoms with Crippen molar-refractivity contribution in [2.24, 2.45) is 0 Å². The van der Waals surface area contributed by atoms with Crippen molar-refractivity contribution in [3.05, 3.63) is 57.6 Å². The lowest BCUT2D eigenvalue weighted by molar-refractivity contribution is 0.600. The molecule has 0 aliphatic heterocycles. The maximum Gasteiger partial charge on any atom is 0.262 e. The minimum Gasteiger partial charge on any atom is -0.279 e. The molecule has 2 aromatic carbocycles. The number of hydrogen-bond donors (Lipinski definition) is 1. The molecule has 0 aliphatic carbocycles. The van der Waals surface area contributed by atoms with E-state index >= 15 is 0 Å². The minimum atomic E-state index is -3.60. The van der Waals surface area contributed by atoms with Gasteiger partial charge in [0.2, 0.25) is 0 Å². The van der Waals surface area contributed by atoms with Crippen LogP contribution in [0.5, 0.6) is 0 Å². The van der Waals surface area contributed by atoms with E-state index in [9.17, 15) is 8.42 Å². The van der Waals surface area contributed by atoms with Crippen LogP contribution in [0.3, 0.4) is 0 Å². The van der Waals surface area contributed by atoms with Crippen LogP contribution in [0.1, 0.15) is 33.4 Å². The Labute approximate surface area is 133 Å². The third-order valence-electron chi connectivity index (χ3n) is 3.79. The lowest BCUT2D eigenvalue weighted by Gasteiger charge is -2.17. The van der Waals surface area contributed by atoms with Gasteiger partial charge in [-0.3, -0.25) is 4.72 Å². The molecule has 0 saturated carbocycles. The van der Waals surface area contributed by atoms with Crippen LogP contribution in [0, 0.1) is 41.5 Å². The Balaban J connectivity index is 2.55. The van der Waals surface area contributed by atoms with E-state index in [4.69, 9.17) is 0 Å². The number of benzene rings is 2. The molecule has 2 aromatic rings. The lowest BCUT2D eigenvalue weighted by Crippen LogP contribution is -2.17. The van der Waals surface area contributed by atoms with Gasteiger partial charge >= 0.3 is 0 Å². The van der Waals surface area contributed by atoms with Crippen molar-refractivity contribution in [1.29, 1.82) is 0 Å². The second-order valence-electron chi connectivity index (χ2n) is 6.11. The Morgan fingerprint density at radius 1 is 0.682 bits per heavy atom. The molecule has 22 heavy (non-hydrogen) atoms. The van der Waals surface area contributed by atoms with Crippen LogP contribution in [-0.2, 0) is 10.0 Å². The first-order valence-corrected chi connectivity index (χ1v) is 8.78. The fourth-order valence-electron chi connectivity index (χ4n) is 3.12. The van der Waals surface area contributed by atoms with Gasteiger partial charge in [0.25, 0.3) is 10.0 Å². The van der Waals surface area contributed by atoms with E-state index in [1.165, 1.54) is 0 Å². The van der Waals surface area contributed by atoms with E-state index in [1.54, 1.807) is 0 Å². The third-order valence-corrected chi connectivity index (χ3v) is 5.44. The van der Waals surface area contributed by atoms with Crippen molar-refractivity contribution in [2.45, 2.75) is 46.4 Å². The number of sulfonamides is 1. The van der Waals surface area contributed by atoms with Crippen molar-refractivity contribution in [1.82, 2.24) is 0 Å². The standard InChI is InChI=1S/C18H23NO2S/c1-11-7-13(3)17(14(4)8-11)19-22(20,21)18-15(5)9-12(2)10-16(18)6/h7-10,19H,1-6H3. The molecule has 0 amide bonds. The molecule has 0 bridgehead atoms. The molecule has 0 spiro atoms. The van der Waals surface area contributed by atoms with E-state index < -0.39 is 10.0 Å². The van der Waals surface area contributed by atoms with E-state index in [-0.39, 0.29) is 0 Å². The zero-order chi connectivity index (χ0) is 16.7. The van der Waals surface area contributed by atoms with E-state index in [0.717, 1.165) is 33.4 Å². The Hall–Kier alpha value is -1.81. The highest BCUT2D eigenvalue weighted by atomic mass is 32.2. The topological polar surface area (TPSA) is 46.2 Å². The maximum absolute atomic E-state index is 12.8. The summed E-state index contributed by atoms with van der Waals surface area (Å²) in [6, 6.07) is 7.77. The first-order chi connectivity index (χ1) is 10.1. The summed E-state index contributed by atoms with van der Waals surface area (Å²) in [5, 5.41) is 0. The predicted octanol–water partition coefficient (Wildman–Crippen LogP) is 4.34. The third kappa shape index (κ3) is 3.17. The molecule has 2 rings (SSSR count). The number of rotatable bonds is 3. The van der Waals surface area contributed by atoms with Crippen LogP contribution in [0.15, 0.2) is 29.2 Å². The molecular weight excluding hydrogens is 294 g/mol. The van der Waals surface area contributed by atoms with Gasteiger partial charge < -0.3 is 0 Å². The van der Waals surface area contributed by atoms with Gasteiger partial charge in [0, 0.05) is 0 Å². The summed E-state index contributed by atoms with van der Waals surface area (Å²) < 4.78 is 28.4. The Bertz CT molecular complexity index is 790. The van der Waals surface area contributed by atoms with Crippen molar-refractivity contribution < 1.29 is 8.42 Å². The lowest BCUT2D eigenvalue weighted by atomic mass is 10.1. The van der Waals surface area contributed by atoms with Gasteiger partial charge in [-0.15, -0.1) is 0 Å². The van der Waals surface area contributed by atoms with Crippen molar-refractivity contribution in [2.75, 3.05) is 4.72 Å². The molecule has 0 fully saturated rings. The van der Waals surface area contributed by atoms with Gasteiger partial charge in [-0.05, 0) is 63.8 Å². The van der Waals surface area contributed by atoms with Crippen molar-refractivity contribution >= 4 is 15.7 Å². The fraction of sp³-hybridized carbons (Fsp3) is 0.333. The van der Waals surface area contributed by atoms with Crippen LogP contribution < -0.4 is 4.72 Å². The molecule has 4 heteroatoms. The number of aryl methyl sites for hydroxylation is 6. The van der Waals surface area contributed by atoms with Crippen LogP contribution in [0.4, 0.5) is 5.69 Å². The molecule has 0 unspecified atom stereocenters. The predicted molar refractivity (Wildman–Crippen MR) is 92.1 cm³/mol. The largest absolute Gasteiger partial charge is 0.279 e. The average Bonchev–Trinajstić information content (AvgIpc) is 2.31. The number of anilines is 1. The first-order valence-electron chi connectivity index (χ1n) is 7.30. The van der Waals surface area contributed by atoms with Gasteiger partial charge in [0.15, 0.2) is 0 Å². The molecule has 1 N–H and O–H groups in total. The summed E-state index contributed by atoms with van der Waals surface area (Å²) in [5.74, 6) is 0. The maximum atomic E-state index is 12.8. The normalized spacial score (nSPS) is 11.5. The Morgan fingerprint density at radius 2 is 1.05 bits per heavy atom. The van der Waals surface area contributed by atoms with Gasteiger partial charge in [-0.2, -0.15) is 0 Å². The second-order valence-corrected chi connectivity index (χ2v) is 7.73. The highest BCUT2D eigenvalue weighted by Crippen LogP contribution is 2.28. The molecular formula is C18H23NO2S. The molecule has 0 saturated heterocycles. The minimum absolute atomic E-state index is 0.373. The SMILES string of the molecule is Cc1cc(C)c(NS(=O)(=O)c2c(C)cc(C)cc2C)c(C)c1. The monoisotopic (exact) mass is 317 g/mol. The van der Waals surface area contributed by atoms with Crippen LogP contribution in [0.25, 0.3) is 0 Å². The van der Waals surface area contributed by atoms with E-state index in [0.29, 0.717) is 10.6 Å². The van der Waals surface area contributed by atoms with Crippen LogP contribution in [0.2, 0.25) is 0 Å². The van der Waals surface area contributed by atoms with Gasteiger partial charge in [0.1, 0.15) is 0 Å². The molecule has 0 heterocycles. The van der Waals surface area contributed by atoms with Gasteiger partial charge in [-0.1, -0.05) is 35.4 Å². The summed E-state index contributed by atoms with van der Waals surface area (Å²) in [4.78, 5) is 0.373. The highest BCUT2D eigenvalue weighted by molar-refractivity contribution is 7.92. The number of nitrogens with one attached hydrogen (secondary N) is 1. The molecule has 0 aliphatic rings. The molecule has 0 atom stereocenters. The smallest absolute Gasteiger partial charge is 0.262 e. The number of hydrogen-bond acceptors (Lipinski definition) is 2. The average molecular weight is 317 g/mol. The summed E-state index contributed by atoms with van der Waals surface area (Å²) in [6.45, 7) is 11.5. The zero-order valence-electron chi connectivity index (χ0n) is 14.0. The van der Waals surface area contributed by atoms with Gasteiger partial charge in [-0.25, -0.2) is 8.42 Å². The molecule has 3 nitrogen and oxygen atoms in total. The van der Waals surface area contributed by atoms with E-state index in [2.05, 4.69) is 4.72 Å². The second kappa shape index (κ2) is 5.76. The molecule has 0 radical (unpaired) electrons. The zero-order valence-corrected chi connectivity index (χ0v) is 14.9. The van der Waals surface area contributed by atoms with Crippen molar-refractivity contribution in [3.8, 4) is 0 Å². The quantitative estimate of drug-likeness (QED) is 0.915.